The van der Waals surface area contributed by atoms with E-state index in [0.29, 0.717) is 42.6 Å². The molecule has 2 atom stereocenters. The van der Waals surface area contributed by atoms with Crippen molar-refractivity contribution < 1.29 is 32.2 Å². The van der Waals surface area contributed by atoms with Crippen molar-refractivity contribution in [1.82, 2.24) is 0 Å². The first-order chi connectivity index (χ1) is 14.3. The van der Waals surface area contributed by atoms with Crippen LogP contribution >= 0.6 is 0 Å². The summed E-state index contributed by atoms with van der Waals surface area (Å²) in [4.78, 5) is 26.1. The van der Waals surface area contributed by atoms with Gasteiger partial charge in [0, 0.05) is 30.8 Å². The largest absolute Gasteiger partial charge is 0.469 e. The van der Waals surface area contributed by atoms with Crippen LogP contribution in [-0.4, -0.2) is 32.1 Å². The zero-order valence-electron chi connectivity index (χ0n) is 16.2. The molecule has 0 amide bonds. The lowest BCUT2D eigenvalue weighted by atomic mass is 9.98. The molecule has 4 rings (SSSR count). The van der Waals surface area contributed by atoms with Crippen molar-refractivity contribution in [3.8, 4) is 0 Å². The van der Waals surface area contributed by atoms with Crippen LogP contribution in [0.1, 0.15) is 39.6 Å². The highest BCUT2D eigenvalue weighted by atomic mass is 19.4. The van der Waals surface area contributed by atoms with Crippen molar-refractivity contribution in [1.29, 1.82) is 0 Å². The van der Waals surface area contributed by atoms with Crippen LogP contribution in [0.2, 0.25) is 0 Å². The summed E-state index contributed by atoms with van der Waals surface area (Å²) in [5, 5.41) is 0. The molecule has 0 saturated carbocycles. The molecule has 2 aliphatic heterocycles. The summed E-state index contributed by atoms with van der Waals surface area (Å²) in [5.41, 5.74) is 1.93. The fourth-order valence-corrected chi connectivity index (χ4v) is 4.00. The van der Waals surface area contributed by atoms with Crippen LogP contribution in [-0.2, 0) is 26.9 Å². The molecule has 0 spiro atoms. The number of ether oxygens (including phenoxy) is 2. The molecular weight excluding hydrogens is 399 g/mol. The van der Waals surface area contributed by atoms with Crippen molar-refractivity contribution >= 4 is 17.6 Å². The number of nitrogens with zero attached hydrogens (tertiary/aromatic N) is 1. The van der Waals surface area contributed by atoms with E-state index in [-0.39, 0.29) is 11.9 Å². The number of methoxy groups -OCH3 is 1. The van der Waals surface area contributed by atoms with E-state index in [9.17, 15) is 22.8 Å². The maximum atomic E-state index is 12.7. The molecule has 2 aromatic rings. The monoisotopic (exact) mass is 419 g/mol. The average molecular weight is 419 g/mol. The predicted octanol–water partition coefficient (Wildman–Crippen LogP) is 4.16. The normalized spacial score (nSPS) is 20.8. The van der Waals surface area contributed by atoms with Crippen LogP contribution in [0, 0.1) is 5.92 Å². The average Bonchev–Trinajstić information content (AvgIpc) is 3.33. The van der Waals surface area contributed by atoms with Gasteiger partial charge in [-0.05, 0) is 36.2 Å². The van der Waals surface area contributed by atoms with Gasteiger partial charge in [0.1, 0.15) is 6.10 Å². The quantitative estimate of drug-likeness (QED) is 0.697. The second-order valence-electron chi connectivity index (χ2n) is 7.52. The molecule has 8 heteroatoms. The van der Waals surface area contributed by atoms with E-state index < -0.39 is 23.8 Å². The second-order valence-corrected chi connectivity index (χ2v) is 7.52. The molecule has 0 N–H and O–H groups in total. The third-order valence-corrected chi connectivity index (χ3v) is 5.64. The number of halogens is 3. The summed E-state index contributed by atoms with van der Waals surface area (Å²) in [6.45, 7) is 1.21. The minimum atomic E-state index is -4.39. The van der Waals surface area contributed by atoms with Gasteiger partial charge in [0.15, 0.2) is 0 Å². The van der Waals surface area contributed by atoms with E-state index in [0.717, 1.165) is 17.8 Å². The second kappa shape index (κ2) is 7.66. The molecule has 2 aliphatic rings. The number of fused-ring (bicyclic) bond motifs is 1. The standard InChI is InChI=1S/C22H20F3NO4/c1-29-20(27)14-8-9-26(12-14)16-6-7-17-18(11-16)21(28)30-19(17)10-13-2-4-15(5-3-13)22(23,24)25/h2-7,11,14,19H,8-10,12H2,1H3/t14-,19?/m0/s1. The molecular formula is C22H20F3NO4. The Kier molecular flexibility index (Phi) is 5.17. The van der Waals surface area contributed by atoms with Crippen molar-refractivity contribution in [2.45, 2.75) is 25.1 Å². The van der Waals surface area contributed by atoms with Crippen LogP contribution in [0.4, 0.5) is 18.9 Å². The fourth-order valence-electron chi connectivity index (χ4n) is 4.00. The minimum absolute atomic E-state index is 0.192. The van der Waals surface area contributed by atoms with Gasteiger partial charge in [-0.2, -0.15) is 13.2 Å². The Hall–Kier alpha value is -3.03. The molecule has 1 unspecified atom stereocenters. The van der Waals surface area contributed by atoms with E-state index in [1.165, 1.54) is 19.2 Å². The number of cyclic esters (lactones) is 1. The highest BCUT2D eigenvalue weighted by Crippen LogP contribution is 2.37. The number of carbonyl (C=O) groups is 2. The van der Waals surface area contributed by atoms with Crippen LogP contribution in [0.15, 0.2) is 42.5 Å². The molecule has 2 aromatic carbocycles. The first kappa shape index (κ1) is 20.3. The highest BCUT2D eigenvalue weighted by molar-refractivity contribution is 5.95. The van der Waals surface area contributed by atoms with Crippen molar-refractivity contribution in [2.24, 2.45) is 5.92 Å². The Bertz CT molecular complexity index is 971. The lowest BCUT2D eigenvalue weighted by Gasteiger charge is -2.19. The van der Waals surface area contributed by atoms with Gasteiger partial charge < -0.3 is 14.4 Å². The number of benzene rings is 2. The predicted molar refractivity (Wildman–Crippen MR) is 102 cm³/mol. The first-order valence-electron chi connectivity index (χ1n) is 9.60. The molecule has 1 fully saturated rings. The number of alkyl halides is 3. The van der Waals surface area contributed by atoms with Gasteiger partial charge in [0.05, 0.1) is 24.2 Å². The molecule has 2 heterocycles. The van der Waals surface area contributed by atoms with Gasteiger partial charge in [-0.3, -0.25) is 4.79 Å². The Balaban J connectivity index is 1.49. The third kappa shape index (κ3) is 3.86. The van der Waals surface area contributed by atoms with Gasteiger partial charge in [-0.1, -0.05) is 18.2 Å². The maximum absolute atomic E-state index is 12.7. The summed E-state index contributed by atoms with van der Waals surface area (Å²) in [6, 6.07) is 10.3. The van der Waals surface area contributed by atoms with E-state index in [1.54, 1.807) is 6.07 Å². The first-order valence-corrected chi connectivity index (χ1v) is 9.60. The molecule has 5 nitrogen and oxygen atoms in total. The van der Waals surface area contributed by atoms with Gasteiger partial charge in [0.25, 0.3) is 0 Å². The third-order valence-electron chi connectivity index (χ3n) is 5.64. The Morgan fingerprint density at radius 2 is 1.93 bits per heavy atom. The van der Waals surface area contributed by atoms with Crippen LogP contribution in [0.5, 0.6) is 0 Å². The van der Waals surface area contributed by atoms with Gasteiger partial charge in [0.2, 0.25) is 0 Å². The van der Waals surface area contributed by atoms with Gasteiger partial charge >= 0.3 is 18.1 Å². The lowest BCUT2D eigenvalue weighted by Crippen LogP contribution is -2.23. The summed E-state index contributed by atoms with van der Waals surface area (Å²) in [5.74, 6) is -0.884. The van der Waals surface area contributed by atoms with E-state index >= 15 is 0 Å². The summed E-state index contributed by atoms with van der Waals surface area (Å²) >= 11 is 0. The molecule has 0 bridgehead atoms. The zero-order chi connectivity index (χ0) is 21.5. The van der Waals surface area contributed by atoms with Crippen molar-refractivity contribution in [3.63, 3.8) is 0 Å². The molecule has 158 valence electrons. The smallest absolute Gasteiger partial charge is 0.416 e. The number of carbonyl (C=O) groups excluding carboxylic acids is 2. The van der Waals surface area contributed by atoms with Crippen molar-refractivity contribution in [3.05, 3.63) is 64.7 Å². The number of hydrogen-bond acceptors (Lipinski definition) is 5. The van der Waals surface area contributed by atoms with Gasteiger partial charge in [-0.15, -0.1) is 0 Å². The summed E-state index contributed by atoms with van der Waals surface area (Å²) < 4.78 is 48.5. The maximum Gasteiger partial charge on any atom is 0.416 e. The van der Waals surface area contributed by atoms with E-state index in [2.05, 4.69) is 0 Å². The summed E-state index contributed by atoms with van der Waals surface area (Å²) in [7, 11) is 1.37. The number of esters is 2. The minimum Gasteiger partial charge on any atom is -0.469 e. The lowest BCUT2D eigenvalue weighted by molar-refractivity contribution is -0.144. The molecule has 0 radical (unpaired) electrons. The SMILES string of the molecule is COC(=O)[C@H]1CCN(c2ccc3c(c2)C(=O)OC3Cc2ccc(C(F)(F)F)cc2)C1. The van der Waals surface area contributed by atoms with E-state index in [4.69, 9.17) is 9.47 Å². The van der Waals surface area contributed by atoms with Gasteiger partial charge in [-0.25, -0.2) is 4.79 Å². The van der Waals surface area contributed by atoms with Crippen molar-refractivity contribution in [2.75, 3.05) is 25.1 Å². The Morgan fingerprint density at radius 1 is 1.20 bits per heavy atom. The number of hydrogen-bond donors (Lipinski definition) is 0. The van der Waals surface area contributed by atoms with Crippen LogP contribution < -0.4 is 4.90 Å². The Labute approximate surface area is 171 Å². The Morgan fingerprint density at radius 3 is 2.60 bits per heavy atom. The highest BCUT2D eigenvalue weighted by Gasteiger charge is 2.34. The van der Waals surface area contributed by atoms with E-state index in [1.807, 2.05) is 17.0 Å². The molecule has 30 heavy (non-hydrogen) atoms. The molecule has 0 aromatic heterocycles. The molecule has 1 saturated heterocycles. The van der Waals surface area contributed by atoms with Crippen LogP contribution in [0.25, 0.3) is 0 Å². The zero-order valence-corrected chi connectivity index (χ0v) is 16.2. The fraction of sp³-hybridized carbons (Fsp3) is 0.364. The molecule has 0 aliphatic carbocycles. The number of rotatable bonds is 4. The van der Waals surface area contributed by atoms with Crippen LogP contribution in [0.3, 0.4) is 0 Å². The number of anilines is 1. The topological polar surface area (TPSA) is 55.8 Å². The summed E-state index contributed by atoms with van der Waals surface area (Å²) in [6.07, 6.45) is -3.95.